The van der Waals surface area contributed by atoms with Crippen LogP contribution in [0.1, 0.15) is 10.5 Å². The summed E-state index contributed by atoms with van der Waals surface area (Å²) in [5.74, 6) is 0.915. The predicted molar refractivity (Wildman–Crippen MR) is 102 cm³/mol. The largest absolute Gasteiger partial charge is 0.454 e. The summed E-state index contributed by atoms with van der Waals surface area (Å²) in [6.07, 6.45) is 3.45. The fourth-order valence-electron chi connectivity index (χ4n) is 2.39. The molecule has 0 saturated heterocycles. The number of rotatable bonds is 2. The maximum absolute atomic E-state index is 12.2. The molecule has 1 aromatic carbocycles. The molecule has 3 heterocycles. The van der Waals surface area contributed by atoms with Gasteiger partial charge in [0.15, 0.2) is 16.6 Å². The van der Waals surface area contributed by atoms with Crippen molar-refractivity contribution in [3.8, 4) is 11.5 Å². The molecule has 0 bridgehead atoms. The number of nitrogens with one attached hydrogen (secondary N) is 3. The second-order valence-corrected chi connectivity index (χ2v) is 6.66. The predicted octanol–water partition coefficient (Wildman–Crippen LogP) is 2.46. The van der Waals surface area contributed by atoms with Crippen molar-refractivity contribution in [2.24, 2.45) is 0 Å². The van der Waals surface area contributed by atoms with E-state index in [0.29, 0.717) is 22.8 Å². The number of fused-ring (bicyclic) bond motifs is 2. The minimum absolute atomic E-state index is 0.202. The molecule has 1 aliphatic rings. The van der Waals surface area contributed by atoms with E-state index >= 15 is 0 Å². The van der Waals surface area contributed by atoms with E-state index in [-0.39, 0.29) is 17.6 Å². The number of amides is 1. The molecule has 0 saturated carbocycles. The molecule has 0 aliphatic carbocycles. The van der Waals surface area contributed by atoms with Crippen LogP contribution in [0.5, 0.6) is 11.5 Å². The molecule has 4 rings (SSSR count). The second-order valence-electron chi connectivity index (χ2n) is 5.34. The van der Waals surface area contributed by atoms with Crippen LogP contribution < -0.4 is 25.6 Å². The first-order chi connectivity index (χ1) is 12.6. The zero-order valence-corrected chi connectivity index (χ0v) is 15.6. The van der Waals surface area contributed by atoms with E-state index in [9.17, 15) is 4.79 Å². The van der Waals surface area contributed by atoms with E-state index in [0.717, 1.165) is 4.47 Å². The van der Waals surface area contributed by atoms with Crippen LogP contribution in [0.2, 0.25) is 0 Å². The Bertz CT molecular complexity index is 1020. The molecule has 1 amide bonds. The summed E-state index contributed by atoms with van der Waals surface area (Å²) >= 11 is 8.55. The Kier molecular flexibility index (Phi) is 4.35. The Morgan fingerprint density at radius 1 is 1.15 bits per heavy atom. The van der Waals surface area contributed by atoms with Crippen LogP contribution in [0.15, 0.2) is 47.2 Å². The maximum atomic E-state index is 12.2. The first-order valence-corrected chi connectivity index (χ1v) is 8.70. The number of halogens is 1. The van der Waals surface area contributed by atoms with Gasteiger partial charge in [0.1, 0.15) is 11.3 Å². The number of hydrogen-bond acceptors (Lipinski definition) is 5. The first-order valence-electron chi connectivity index (χ1n) is 7.50. The molecule has 0 spiro atoms. The number of benzene rings is 1. The van der Waals surface area contributed by atoms with Gasteiger partial charge in [0.25, 0.3) is 5.91 Å². The molecular weight excluding hydrogens is 422 g/mol. The van der Waals surface area contributed by atoms with Gasteiger partial charge in [0.2, 0.25) is 6.79 Å². The Hall–Kier alpha value is -2.85. The van der Waals surface area contributed by atoms with E-state index in [4.69, 9.17) is 21.7 Å². The summed E-state index contributed by atoms with van der Waals surface area (Å²) in [7, 11) is 0. The molecule has 0 fully saturated rings. The fourth-order valence-corrected chi connectivity index (χ4v) is 2.91. The highest BCUT2D eigenvalue weighted by atomic mass is 79.9. The number of hydrazine groups is 1. The van der Waals surface area contributed by atoms with Gasteiger partial charge in [0.05, 0.1) is 0 Å². The van der Waals surface area contributed by atoms with Gasteiger partial charge in [-0.2, -0.15) is 0 Å². The summed E-state index contributed by atoms with van der Waals surface area (Å²) in [6, 6.07) is 8.99. The number of hydrogen-bond donors (Lipinski definition) is 3. The van der Waals surface area contributed by atoms with Crippen LogP contribution in [-0.2, 0) is 0 Å². The van der Waals surface area contributed by atoms with Crippen LogP contribution >= 0.6 is 28.1 Å². The average Bonchev–Trinajstić information content (AvgIpc) is 3.25. The molecular formula is C16H12BrN5O3S. The van der Waals surface area contributed by atoms with Gasteiger partial charge in [0, 0.05) is 28.6 Å². The highest BCUT2D eigenvalue weighted by Crippen LogP contribution is 2.34. The van der Waals surface area contributed by atoms with E-state index in [2.05, 4.69) is 37.1 Å². The lowest BCUT2D eigenvalue weighted by atomic mass is 10.3. The minimum Gasteiger partial charge on any atom is -0.454 e. The van der Waals surface area contributed by atoms with E-state index in [1.165, 1.54) is 0 Å². The van der Waals surface area contributed by atoms with Gasteiger partial charge in [-0.25, -0.2) is 4.98 Å². The average molecular weight is 434 g/mol. The van der Waals surface area contributed by atoms with Crippen molar-refractivity contribution in [2.75, 3.05) is 12.1 Å². The van der Waals surface area contributed by atoms with Crippen molar-refractivity contribution in [1.82, 2.24) is 20.2 Å². The Labute approximate surface area is 161 Å². The van der Waals surface area contributed by atoms with Gasteiger partial charge in [-0.15, -0.1) is 0 Å². The van der Waals surface area contributed by atoms with Crippen molar-refractivity contribution < 1.29 is 14.3 Å². The fraction of sp³-hybridized carbons (Fsp3) is 0.0625. The lowest BCUT2D eigenvalue weighted by Gasteiger charge is -2.11. The summed E-state index contributed by atoms with van der Waals surface area (Å²) in [5, 5.41) is 3.18. The van der Waals surface area contributed by atoms with Crippen molar-refractivity contribution in [3.63, 3.8) is 0 Å². The highest BCUT2D eigenvalue weighted by molar-refractivity contribution is 9.10. The zero-order chi connectivity index (χ0) is 18.1. The third-order valence-electron chi connectivity index (χ3n) is 3.57. The molecule has 0 radical (unpaired) electrons. The van der Waals surface area contributed by atoms with E-state index in [1.807, 2.05) is 12.3 Å². The molecule has 132 valence electrons. The molecule has 8 nitrogen and oxygen atoms in total. The smallest absolute Gasteiger partial charge is 0.289 e. The SMILES string of the molecule is O=C(NNC(=S)Nc1ccc2c(c1)OCO2)c1cn2cc(Br)ccc2n1. The van der Waals surface area contributed by atoms with Gasteiger partial charge in [-0.1, -0.05) is 0 Å². The van der Waals surface area contributed by atoms with Crippen LogP contribution in [0.4, 0.5) is 5.69 Å². The molecule has 0 unspecified atom stereocenters. The first kappa shape index (κ1) is 16.6. The van der Waals surface area contributed by atoms with Crippen LogP contribution in [0, 0.1) is 0 Å². The molecule has 3 aromatic rings. The van der Waals surface area contributed by atoms with Crippen molar-refractivity contribution >= 4 is 50.5 Å². The molecule has 10 heteroatoms. The quantitative estimate of drug-likeness (QED) is 0.422. The van der Waals surface area contributed by atoms with E-state index < -0.39 is 5.91 Å². The summed E-state index contributed by atoms with van der Waals surface area (Å²) in [4.78, 5) is 16.5. The van der Waals surface area contributed by atoms with Crippen LogP contribution in [-0.4, -0.2) is 27.2 Å². The normalized spacial score (nSPS) is 12.0. The number of aromatic nitrogens is 2. The summed E-state index contributed by atoms with van der Waals surface area (Å²) < 4.78 is 13.2. The minimum atomic E-state index is -0.403. The maximum Gasteiger partial charge on any atom is 0.289 e. The molecule has 3 N–H and O–H groups in total. The molecule has 1 aliphatic heterocycles. The third-order valence-corrected chi connectivity index (χ3v) is 4.24. The Morgan fingerprint density at radius 3 is 2.88 bits per heavy atom. The van der Waals surface area contributed by atoms with Gasteiger partial charge in [-0.3, -0.25) is 15.6 Å². The summed E-state index contributed by atoms with van der Waals surface area (Å²) in [6.45, 7) is 0.202. The number of pyridine rings is 1. The number of thiocarbonyl (C=S) groups is 1. The van der Waals surface area contributed by atoms with Crippen molar-refractivity contribution in [2.45, 2.75) is 0 Å². The highest BCUT2D eigenvalue weighted by Gasteiger charge is 2.14. The van der Waals surface area contributed by atoms with Gasteiger partial charge >= 0.3 is 0 Å². The van der Waals surface area contributed by atoms with Gasteiger partial charge in [-0.05, 0) is 52.4 Å². The number of anilines is 1. The lowest BCUT2D eigenvalue weighted by Crippen LogP contribution is -2.43. The van der Waals surface area contributed by atoms with Crippen molar-refractivity contribution in [1.29, 1.82) is 0 Å². The van der Waals surface area contributed by atoms with Crippen molar-refractivity contribution in [3.05, 3.63) is 52.9 Å². The number of ether oxygens (including phenoxy) is 2. The van der Waals surface area contributed by atoms with Gasteiger partial charge < -0.3 is 19.2 Å². The Morgan fingerprint density at radius 2 is 2.00 bits per heavy atom. The lowest BCUT2D eigenvalue weighted by molar-refractivity contribution is 0.0939. The summed E-state index contributed by atoms with van der Waals surface area (Å²) in [5.41, 5.74) is 6.79. The van der Waals surface area contributed by atoms with E-state index in [1.54, 1.807) is 34.9 Å². The molecule has 2 aromatic heterocycles. The third kappa shape index (κ3) is 3.41. The number of carbonyl (C=O) groups excluding carboxylic acids is 1. The van der Waals surface area contributed by atoms with Crippen LogP contribution in [0.25, 0.3) is 5.65 Å². The van der Waals surface area contributed by atoms with Crippen LogP contribution in [0.3, 0.4) is 0 Å². The standard InChI is InChI=1S/C16H12BrN5O3S/c17-9-1-4-14-19-11(7-22(14)6-9)15(23)20-21-16(26)18-10-2-3-12-13(5-10)25-8-24-12/h1-7H,8H2,(H,20,23)(H2,18,21,26). The second kappa shape index (κ2) is 6.81. The zero-order valence-electron chi connectivity index (χ0n) is 13.2. The number of carbonyl (C=O) groups is 1. The Balaban J connectivity index is 1.36. The number of imidazole rings is 1. The topological polar surface area (TPSA) is 88.9 Å². The molecule has 0 atom stereocenters. The number of nitrogens with zero attached hydrogens (tertiary/aromatic N) is 2. The monoisotopic (exact) mass is 433 g/mol. The molecule has 26 heavy (non-hydrogen) atoms.